The number of amides is 1. The third-order valence-corrected chi connectivity index (χ3v) is 7.77. The van der Waals surface area contributed by atoms with Gasteiger partial charge in [0.15, 0.2) is 18.2 Å². The Kier molecular flexibility index (Phi) is 11.1. The Balaban J connectivity index is 1.55. The van der Waals surface area contributed by atoms with Crippen LogP contribution in [-0.2, 0) is 35.9 Å². The highest BCUT2D eigenvalue weighted by molar-refractivity contribution is 6.34. The Morgan fingerprint density at radius 3 is 2.31 bits per heavy atom. The second kappa shape index (κ2) is 14.7. The fourth-order valence-electron chi connectivity index (χ4n) is 4.72. The molecule has 0 bridgehead atoms. The van der Waals surface area contributed by atoms with E-state index < -0.39 is 84.8 Å². The lowest BCUT2D eigenvalue weighted by Crippen LogP contribution is -2.43. The van der Waals surface area contributed by atoms with Gasteiger partial charge in [-0.2, -0.15) is 45.5 Å². The second-order valence-electron chi connectivity index (χ2n) is 11.0. The number of benzene rings is 1. The predicted octanol–water partition coefficient (Wildman–Crippen LogP) is 5.24. The number of carboxylic acid groups (broad SMARTS) is 1. The Hall–Kier alpha value is -5.43. The minimum Gasteiger partial charge on any atom is -0.478 e. The SMILES string of the molecule is CN1CC(c2ccc(Cl)c(C(=O)N(COC(=O)OCCOC(=O)/C=C/C(=O)O)C3(C#N)CC3)c2)=CN1c1[nH]nc(C(F)(F)C(F)(F)F)c1C(F)(F)F. The standard InChI is InChI=1S/C29H23ClF8N6O8/c1-42-11-16(12-44(42)23-21(28(33,34)35)22(40-41-23)27(31,32)29(36,37)38)15-2-3-18(30)17(10-15)24(48)43(26(13-39)6-7-26)14-52-25(49)51-9-8-50-20(47)5-4-19(45)46/h2-5,10,12H,6-9,11,14H2,1H3,(H,40,41)(H,45,46)/b5-4+. The fraction of sp³-hybridized carbons (Fsp3) is 0.379. The maximum atomic E-state index is 14.1. The highest BCUT2D eigenvalue weighted by atomic mass is 35.5. The lowest BCUT2D eigenvalue weighted by Gasteiger charge is -2.27. The van der Waals surface area contributed by atoms with Crippen molar-refractivity contribution in [2.75, 3.05) is 38.5 Å². The van der Waals surface area contributed by atoms with Gasteiger partial charge in [0.2, 0.25) is 0 Å². The number of hydrogen-bond donors (Lipinski definition) is 2. The van der Waals surface area contributed by atoms with Gasteiger partial charge in [0.05, 0.1) is 16.7 Å². The molecule has 1 amide bonds. The van der Waals surface area contributed by atoms with Crippen LogP contribution >= 0.6 is 11.6 Å². The molecule has 0 radical (unpaired) electrons. The van der Waals surface area contributed by atoms with Crippen molar-refractivity contribution in [3.63, 3.8) is 0 Å². The number of halogens is 9. The van der Waals surface area contributed by atoms with Crippen LogP contribution in [0.5, 0.6) is 0 Å². The average Bonchev–Trinajstić information content (AvgIpc) is 3.52. The van der Waals surface area contributed by atoms with E-state index in [-0.39, 0.29) is 41.1 Å². The summed E-state index contributed by atoms with van der Waals surface area (Å²) >= 11 is 6.29. The minimum atomic E-state index is -6.40. The van der Waals surface area contributed by atoms with Gasteiger partial charge in [-0.3, -0.25) is 19.8 Å². The van der Waals surface area contributed by atoms with Gasteiger partial charge in [-0.05, 0) is 36.1 Å². The van der Waals surface area contributed by atoms with Crippen LogP contribution in [0.4, 0.5) is 45.7 Å². The molecule has 1 fully saturated rings. The summed E-state index contributed by atoms with van der Waals surface area (Å²) in [6.45, 7) is -2.13. The van der Waals surface area contributed by atoms with Crippen LogP contribution < -0.4 is 5.01 Å². The number of aromatic nitrogens is 2. The molecule has 1 saturated carbocycles. The summed E-state index contributed by atoms with van der Waals surface area (Å²) in [5, 5.41) is 24.0. The van der Waals surface area contributed by atoms with E-state index in [1.165, 1.54) is 25.2 Å². The summed E-state index contributed by atoms with van der Waals surface area (Å²) in [5.74, 6) is -10.6. The molecule has 2 aliphatic rings. The van der Waals surface area contributed by atoms with Gasteiger partial charge in [-0.1, -0.05) is 17.7 Å². The van der Waals surface area contributed by atoms with Crippen LogP contribution in [0.15, 0.2) is 36.6 Å². The van der Waals surface area contributed by atoms with Gasteiger partial charge in [-0.25, -0.2) is 19.4 Å². The Bertz CT molecular complexity index is 1850. The average molecular weight is 771 g/mol. The number of hydrazine groups is 1. The zero-order chi connectivity index (χ0) is 38.8. The van der Waals surface area contributed by atoms with Crippen molar-refractivity contribution >= 4 is 47.0 Å². The van der Waals surface area contributed by atoms with Crippen LogP contribution in [0.1, 0.15) is 40.0 Å². The van der Waals surface area contributed by atoms with E-state index in [0.717, 1.165) is 16.1 Å². The molecule has 2 heterocycles. The highest BCUT2D eigenvalue weighted by Crippen LogP contribution is 2.50. The van der Waals surface area contributed by atoms with Gasteiger partial charge in [0, 0.05) is 31.9 Å². The fourth-order valence-corrected chi connectivity index (χ4v) is 4.92. The number of hydrogen-bond acceptors (Lipinski definition) is 11. The number of alkyl halides is 8. The molecule has 23 heteroatoms. The van der Waals surface area contributed by atoms with Crippen LogP contribution in [-0.4, -0.2) is 94.5 Å². The number of likely N-dealkylation sites (N-methyl/N-ethyl adjacent to an activating group) is 1. The normalized spacial score (nSPS) is 15.9. The molecule has 1 aromatic carbocycles. The maximum absolute atomic E-state index is 14.1. The Morgan fingerprint density at radius 2 is 1.73 bits per heavy atom. The van der Waals surface area contributed by atoms with E-state index in [2.05, 4.69) is 9.84 Å². The number of carbonyl (C=O) groups excluding carboxylic acids is 3. The molecule has 1 aliphatic heterocycles. The molecule has 1 aromatic heterocycles. The summed E-state index contributed by atoms with van der Waals surface area (Å²) in [4.78, 5) is 48.5. The minimum absolute atomic E-state index is 0.130. The molecule has 0 atom stereocenters. The van der Waals surface area contributed by atoms with Crippen LogP contribution in [0, 0.1) is 11.3 Å². The number of nitrogens with one attached hydrogen (secondary N) is 1. The van der Waals surface area contributed by atoms with Gasteiger partial charge >= 0.3 is 36.4 Å². The molecule has 280 valence electrons. The monoisotopic (exact) mass is 770 g/mol. The second-order valence-corrected chi connectivity index (χ2v) is 11.4. The van der Waals surface area contributed by atoms with Gasteiger partial charge < -0.3 is 19.3 Å². The van der Waals surface area contributed by atoms with Crippen molar-refractivity contribution in [2.45, 2.75) is 36.7 Å². The van der Waals surface area contributed by atoms with E-state index in [4.69, 9.17) is 26.2 Å². The first-order valence-electron chi connectivity index (χ1n) is 14.3. The van der Waals surface area contributed by atoms with Crippen molar-refractivity contribution in [2.24, 2.45) is 0 Å². The molecular formula is C29H23ClF8N6O8. The summed E-state index contributed by atoms with van der Waals surface area (Å²) in [7, 11) is 1.19. The van der Waals surface area contributed by atoms with Crippen LogP contribution in [0.2, 0.25) is 5.02 Å². The molecule has 2 N–H and O–H groups in total. The highest BCUT2D eigenvalue weighted by Gasteiger charge is 2.64. The lowest BCUT2D eigenvalue weighted by molar-refractivity contribution is -0.292. The first-order valence-corrected chi connectivity index (χ1v) is 14.7. The number of carboxylic acids is 1. The number of carbonyl (C=O) groups is 4. The first kappa shape index (κ1) is 39.4. The lowest BCUT2D eigenvalue weighted by atomic mass is 10.0. The molecule has 2 aromatic rings. The zero-order valence-electron chi connectivity index (χ0n) is 26.1. The van der Waals surface area contributed by atoms with Crippen LogP contribution in [0.25, 0.3) is 5.57 Å². The number of aromatic amines is 1. The summed E-state index contributed by atoms with van der Waals surface area (Å²) in [6, 6.07) is 5.68. The quantitative estimate of drug-likeness (QED) is 0.0945. The van der Waals surface area contributed by atoms with E-state index >= 15 is 0 Å². The third kappa shape index (κ3) is 8.37. The van der Waals surface area contributed by atoms with Crippen molar-refractivity contribution in [1.82, 2.24) is 20.1 Å². The zero-order valence-corrected chi connectivity index (χ0v) is 26.9. The number of nitrogens with zero attached hydrogens (tertiary/aromatic N) is 5. The number of rotatable bonds is 12. The number of aliphatic carboxylic acids is 1. The molecular weight excluding hydrogens is 748 g/mol. The number of esters is 1. The Morgan fingerprint density at radius 1 is 1.08 bits per heavy atom. The van der Waals surface area contributed by atoms with E-state index in [1.54, 1.807) is 5.10 Å². The number of H-pyrrole nitrogens is 1. The molecule has 4 rings (SSSR count). The van der Waals surface area contributed by atoms with Crippen molar-refractivity contribution in [1.29, 1.82) is 5.26 Å². The van der Waals surface area contributed by atoms with Gasteiger partial charge in [0.1, 0.15) is 24.3 Å². The van der Waals surface area contributed by atoms with Crippen molar-refractivity contribution in [3.8, 4) is 6.07 Å². The molecule has 1 aliphatic carbocycles. The maximum Gasteiger partial charge on any atom is 0.510 e. The molecule has 52 heavy (non-hydrogen) atoms. The topological polar surface area (TPSA) is 178 Å². The molecule has 14 nitrogen and oxygen atoms in total. The predicted molar refractivity (Wildman–Crippen MR) is 157 cm³/mol. The van der Waals surface area contributed by atoms with Crippen molar-refractivity contribution < 1.29 is 73.6 Å². The number of ether oxygens (including phenoxy) is 3. The summed E-state index contributed by atoms with van der Waals surface area (Å²) in [6.07, 6.45) is -11.0. The van der Waals surface area contributed by atoms with E-state index in [0.29, 0.717) is 17.2 Å². The third-order valence-electron chi connectivity index (χ3n) is 7.44. The first-order chi connectivity index (χ1) is 24.1. The number of nitriles is 1. The Labute approximate surface area is 291 Å². The van der Waals surface area contributed by atoms with Gasteiger partial charge in [0.25, 0.3) is 5.91 Å². The molecule has 0 unspecified atom stereocenters. The number of anilines is 1. The van der Waals surface area contributed by atoms with E-state index in [9.17, 15) is 59.6 Å². The largest absolute Gasteiger partial charge is 0.510 e. The van der Waals surface area contributed by atoms with Gasteiger partial charge in [-0.15, -0.1) is 0 Å². The molecule has 0 saturated heterocycles. The molecule has 0 spiro atoms. The van der Waals surface area contributed by atoms with Crippen molar-refractivity contribution in [3.05, 3.63) is 64.0 Å². The van der Waals surface area contributed by atoms with Crippen LogP contribution in [0.3, 0.4) is 0 Å². The smallest absolute Gasteiger partial charge is 0.478 e. The van der Waals surface area contributed by atoms with E-state index in [1.807, 2.05) is 6.07 Å². The summed E-state index contributed by atoms with van der Waals surface area (Å²) < 4.78 is 123. The summed E-state index contributed by atoms with van der Waals surface area (Å²) in [5.41, 5.74) is -6.38.